The highest BCUT2D eigenvalue weighted by Gasteiger charge is 2.46. The van der Waals surface area contributed by atoms with Gasteiger partial charge in [0.05, 0.1) is 19.3 Å². The summed E-state index contributed by atoms with van der Waals surface area (Å²) in [7, 11) is 1.61. The molecule has 17 heavy (non-hydrogen) atoms. The van der Waals surface area contributed by atoms with Crippen LogP contribution >= 0.6 is 0 Å². The topological polar surface area (TPSA) is 51.6 Å². The lowest BCUT2D eigenvalue weighted by Gasteiger charge is -2.36. The molecular weight excluding hydrogens is 218 g/mol. The number of nitrogens with zero attached hydrogens (tertiary/aromatic N) is 1. The molecule has 0 aromatic carbocycles. The van der Waals surface area contributed by atoms with Crippen molar-refractivity contribution in [2.45, 2.75) is 43.5 Å². The summed E-state index contributed by atoms with van der Waals surface area (Å²) in [6.45, 7) is 0. The molecule has 0 aliphatic carbocycles. The van der Waals surface area contributed by atoms with Crippen molar-refractivity contribution in [2.24, 2.45) is 0 Å². The summed E-state index contributed by atoms with van der Waals surface area (Å²) in [5.41, 5.74) is -0.237. The quantitative estimate of drug-likeness (QED) is 0.846. The van der Waals surface area contributed by atoms with E-state index in [2.05, 4.69) is 4.98 Å². The van der Waals surface area contributed by atoms with E-state index in [1.807, 2.05) is 12.1 Å². The second-order valence-electron chi connectivity index (χ2n) is 4.95. The van der Waals surface area contributed by atoms with E-state index in [1.54, 1.807) is 13.3 Å². The van der Waals surface area contributed by atoms with Crippen molar-refractivity contribution in [2.75, 3.05) is 7.11 Å². The van der Waals surface area contributed by atoms with Crippen molar-refractivity contribution in [3.05, 3.63) is 24.0 Å². The average molecular weight is 235 g/mol. The van der Waals surface area contributed by atoms with Gasteiger partial charge in [-0.3, -0.25) is 4.98 Å². The summed E-state index contributed by atoms with van der Waals surface area (Å²) >= 11 is 0. The second kappa shape index (κ2) is 3.96. The van der Waals surface area contributed by atoms with E-state index in [0.717, 1.165) is 12.8 Å². The molecule has 0 radical (unpaired) electrons. The van der Waals surface area contributed by atoms with Crippen LogP contribution < -0.4 is 4.74 Å². The first-order chi connectivity index (χ1) is 8.21. The third-order valence-electron chi connectivity index (χ3n) is 3.76. The molecule has 92 valence electrons. The predicted octanol–water partition coefficient (Wildman–Crippen LogP) is 1.62. The van der Waals surface area contributed by atoms with E-state index in [4.69, 9.17) is 9.47 Å². The Balaban J connectivity index is 1.96. The molecule has 2 fully saturated rings. The van der Waals surface area contributed by atoms with Crippen LogP contribution in [0.15, 0.2) is 18.3 Å². The third-order valence-corrected chi connectivity index (χ3v) is 3.76. The van der Waals surface area contributed by atoms with Gasteiger partial charge in [-0.05, 0) is 25.0 Å². The first-order valence-corrected chi connectivity index (χ1v) is 6.08. The van der Waals surface area contributed by atoms with Crippen molar-refractivity contribution in [3.63, 3.8) is 0 Å². The van der Waals surface area contributed by atoms with Gasteiger partial charge in [-0.25, -0.2) is 0 Å². The monoisotopic (exact) mass is 235 g/mol. The van der Waals surface area contributed by atoms with Crippen LogP contribution in [0.1, 0.15) is 31.4 Å². The Morgan fingerprint density at radius 1 is 1.41 bits per heavy atom. The molecule has 1 aromatic rings. The SMILES string of the molecule is COc1cccnc1C1(O)CC2CCC(C1)O2. The van der Waals surface area contributed by atoms with E-state index < -0.39 is 5.60 Å². The highest BCUT2D eigenvalue weighted by molar-refractivity contribution is 5.32. The number of aliphatic hydroxyl groups is 1. The number of hydrogen-bond acceptors (Lipinski definition) is 4. The molecule has 0 saturated carbocycles. The van der Waals surface area contributed by atoms with Crippen molar-refractivity contribution in [1.82, 2.24) is 4.98 Å². The number of hydrogen-bond donors (Lipinski definition) is 1. The summed E-state index contributed by atoms with van der Waals surface area (Å²) in [6, 6.07) is 3.66. The van der Waals surface area contributed by atoms with Gasteiger partial charge in [-0.15, -0.1) is 0 Å². The maximum atomic E-state index is 10.8. The van der Waals surface area contributed by atoms with Gasteiger partial charge in [0, 0.05) is 19.0 Å². The van der Waals surface area contributed by atoms with Crippen molar-refractivity contribution < 1.29 is 14.6 Å². The van der Waals surface area contributed by atoms with Crippen LogP contribution in [0.5, 0.6) is 5.75 Å². The first-order valence-electron chi connectivity index (χ1n) is 6.08. The highest BCUT2D eigenvalue weighted by atomic mass is 16.5. The lowest BCUT2D eigenvalue weighted by Crippen LogP contribution is -2.39. The Hall–Kier alpha value is -1.13. The fourth-order valence-corrected chi connectivity index (χ4v) is 3.02. The number of fused-ring (bicyclic) bond motifs is 2. The molecule has 4 heteroatoms. The summed E-state index contributed by atoms with van der Waals surface area (Å²) in [5.74, 6) is 0.663. The van der Waals surface area contributed by atoms with Gasteiger partial charge >= 0.3 is 0 Å². The second-order valence-corrected chi connectivity index (χ2v) is 4.95. The maximum Gasteiger partial charge on any atom is 0.143 e. The molecule has 0 spiro atoms. The van der Waals surface area contributed by atoms with Crippen molar-refractivity contribution in [1.29, 1.82) is 0 Å². The summed E-state index contributed by atoms with van der Waals surface area (Å²) in [5, 5.41) is 10.8. The van der Waals surface area contributed by atoms with Crippen LogP contribution in [0.2, 0.25) is 0 Å². The lowest BCUT2D eigenvalue weighted by atomic mass is 9.86. The van der Waals surface area contributed by atoms with E-state index in [0.29, 0.717) is 24.3 Å². The van der Waals surface area contributed by atoms with Gasteiger partial charge in [0.15, 0.2) is 0 Å². The molecule has 3 rings (SSSR count). The van der Waals surface area contributed by atoms with E-state index >= 15 is 0 Å². The van der Waals surface area contributed by atoms with Crippen LogP contribution in [0, 0.1) is 0 Å². The van der Waals surface area contributed by atoms with Gasteiger partial charge in [0.25, 0.3) is 0 Å². The molecule has 0 amide bonds. The van der Waals surface area contributed by atoms with Crippen LogP contribution in [0.25, 0.3) is 0 Å². The molecule has 2 atom stereocenters. The first kappa shape index (κ1) is 11.0. The van der Waals surface area contributed by atoms with Crippen LogP contribution in [0.3, 0.4) is 0 Å². The zero-order valence-electron chi connectivity index (χ0n) is 9.93. The number of ether oxygens (including phenoxy) is 2. The Morgan fingerprint density at radius 2 is 2.12 bits per heavy atom. The fraction of sp³-hybridized carbons (Fsp3) is 0.615. The molecule has 2 saturated heterocycles. The van der Waals surface area contributed by atoms with E-state index in [-0.39, 0.29) is 12.2 Å². The van der Waals surface area contributed by atoms with Crippen LogP contribution in [0.4, 0.5) is 0 Å². The smallest absolute Gasteiger partial charge is 0.143 e. The van der Waals surface area contributed by atoms with E-state index in [9.17, 15) is 5.11 Å². The van der Waals surface area contributed by atoms with Crippen LogP contribution in [-0.2, 0) is 10.3 Å². The molecule has 1 aromatic heterocycles. The standard InChI is InChI=1S/C13H17NO3/c1-16-11-3-2-6-14-12(11)13(15)7-9-4-5-10(8-13)17-9/h2-3,6,9-10,15H,4-5,7-8H2,1H3. The average Bonchev–Trinajstić information content (AvgIpc) is 2.69. The zero-order valence-corrected chi connectivity index (χ0v) is 9.93. The number of methoxy groups -OCH3 is 1. The Morgan fingerprint density at radius 3 is 2.76 bits per heavy atom. The fourth-order valence-electron chi connectivity index (χ4n) is 3.02. The molecular formula is C13H17NO3. The minimum Gasteiger partial charge on any atom is -0.495 e. The third kappa shape index (κ3) is 1.81. The molecule has 2 bridgehead atoms. The molecule has 1 N–H and O–H groups in total. The minimum atomic E-state index is -0.892. The van der Waals surface area contributed by atoms with Gasteiger partial charge in [0.2, 0.25) is 0 Å². The van der Waals surface area contributed by atoms with Crippen molar-refractivity contribution >= 4 is 0 Å². The number of rotatable bonds is 2. The lowest BCUT2D eigenvalue weighted by molar-refractivity contribution is -0.118. The highest BCUT2D eigenvalue weighted by Crippen LogP contribution is 2.45. The summed E-state index contributed by atoms with van der Waals surface area (Å²) in [4.78, 5) is 4.31. The van der Waals surface area contributed by atoms with Crippen molar-refractivity contribution in [3.8, 4) is 5.75 Å². The molecule has 2 aliphatic heterocycles. The molecule has 3 heterocycles. The molecule has 2 unspecified atom stereocenters. The van der Waals surface area contributed by atoms with Gasteiger partial charge in [-0.1, -0.05) is 0 Å². The normalized spacial score (nSPS) is 35.9. The summed E-state index contributed by atoms with van der Waals surface area (Å²) < 4.78 is 11.1. The molecule has 4 nitrogen and oxygen atoms in total. The Bertz CT molecular complexity index is 409. The predicted molar refractivity (Wildman–Crippen MR) is 61.8 cm³/mol. The van der Waals surface area contributed by atoms with Crippen LogP contribution in [-0.4, -0.2) is 29.4 Å². The number of aromatic nitrogens is 1. The van der Waals surface area contributed by atoms with Gasteiger partial charge < -0.3 is 14.6 Å². The zero-order chi connectivity index (χ0) is 11.9. The van der Waals surface area contributed by atoms with Gasteiger partial charge in [0.1, 0.15) is 17.0 Å². The minimum absolute atomic E-state index is 0.172. The summed E-state index contributed by atoms with van der Waals surface area (Å²) in [6.07, 6.45) is 5.38. The Kier molecular flexibility index (Phi) is 2.56. The largest absolute Gasteiger partial charge is 0.495 e. The maximum absolute atomic E-state index is 10.8. The van der Waals surface area contributed by atoms with Gasteiger partial charge in [-0.2, -0.15) is 0 Å². The number of pyridine rings is 1. The molecule has 2 aliphatic rings. The van der Waals surface area contributed by atoms with E-state index in [1.165, 1.54) is 0 Å². The Labute approximate surface area is 101 Å².